The van der Waals surface area contributed by atoms with E-state index >= 15 is 0 Å². The highest BCUT2D eigenvalue weighted by Crippen LogP contribution is 2.18. The van der Waals surface area contributed by atoms with Gasteiger partial charge in [-0.05, 0) is 25.0 Å². The van der Waals surface area contributed by atoms with Gasteiger partial charge >= 0.3 is 0 Å². The van der Waals surface area contributed by atoms with Crippen molar-refractivity contribution >= 4 is 23.7 Å². The minimum Gasteiger partial charge on any atom is -0.339 e. The number of thioether (sulfide) groups is 1. The number of amides is 1. The first-order valence-electron chi connectivity index (χ1n) is 12.4. The number of piperazine rings is 1. The van der Waals surface area contributed by atoms with Gasteiger partial charge in [-0.25, -0.2) is 4.98 Å². The van der Waals surface area contributed by atoms with E-state index in [-0.39, 0.29) is 17.2 Å². The summed E-state index contributed by atoms with van der Waals surface area (Å²) in [5.74, 6) is 0.375. The Bertz CT molecular complexity index is 1260. The van der Waals surface area contributed by atoms with E-state index < -0.39 is 0 Å². The molecule has 4 rings (SSSR count). The predicted octanol–water partition coefficient (Wildman–Crippen LogP) is 3.94. The van der Waals surface area contributed by atoms with Crippen molar-refractivity contribution in [3.63, 3.8) is 0 Å². The van der Waals surface area contributed by atoms with Gasteiger partial charge in [0.15, 0.2) is 5.16 Å². The maximum absolute atomic E-state index is 13.0. The number of nitrogens with zero attached hydrogens (tertiary/aromatic N) is 4. The van der Waals surface area contributed by atoms with E-state index in [0.29, 0.717) is 17.1 Å². The van der Waals surface area contributed by atoms with Crippen LogP contribution in [0.1, 0.15) is 27.9 Å². The van der Waals surface area contributed by atoms with Gasteiger partial charge in [0, 0.05) is 57.4 Å². The van der Waals surface area contributed by atoms with Crippen LogP contribution in [0.5, 0.6) is 0 Å². The minimum absolute atomic E-state index is 0.0461. The Morgan fingerprint density at radius 1 is 1.00 bits per heavy atom. The van der Waals surface area contributed by atoms with E-state index in [9.17, 15) is 9.59 Å². The number of hydrogen-bond donors (Lipinski definition) is 0. The molecule has 1 aromatic heterocycles. The van der Waals surface area contributed by atoms with E-state index in [1.54, 1.807) is 11.6 Å². The molecular weight excluding hydrogens is 468 g/mol. The summed E-state index contributed by atoms with van der Waals surface area (Å²) in [6.45, 7) is 7.97. The van der Waals surface area contributed by atoms with Gasteiger partial charge < -0.3 is 4.90 Å². The fourth-order valence-electron chi connectivity index (χ4n) is 4.27. The Morgan fingerprint density at radius 2 is 1.69 bits per heavy atom. The first-order chi connectivity index (χ1) is 17.4. The maximum Gasteiger partial charge on any atom is 0.257 e. The molecule has 188 valence electrons. The molecule has 7 heteroatoms. The maximum atomic E-state index is 13.0. The Balaban J connectivity index is 1.28. The topological polar surface area (TPSA) is 58.4 Å². The van der Waals surface area contributed by atoms with Gasteiger partial charge in [0.25, 0.3) is 5.56 Å². The Labute approximate surface area is 217 Å². The molecule has 0 N–H and O–H groups in total. The largest absolute Gasteiger partial charge is 0.339 e. The van der Waals surface area contributed by atoms with Gasteiger partial charge in [0.2, 0.25) is 5.91 Å². The standard InChI is InChI=1S/C29H34N4O2S/c1-22-11-13-25(14-12-22)20-26-23(2)30-29(31(3)28(26)35)36-21-27(34)33-18-16-32(17-19-33)15-7-10-24-8-5-4-6-9-24/h4-14H,15-21H2,1-3H3/b10-7+. The molecule has 0 saturated carbocycles. The van der Waals surface area contributed by atoms with Gasteiger partial charge in [-0.2, -0.15) is 0 Å². The molecule has 0 radical (unpaired) electrons. The molecule has 1 aliphatic heterocycles. The zero-order valence-electron chi connectivity index (χ0n) is 21.3. The van der Waals surface area contributed by atoms with Crippen LogP contribution in [-0.4, -0.2) is 63.7 Å². The van der Waals surface area contributed by atoms with Crippen LogP contribution in [0.25, 0.3) is 6.08 Å². The van der Waals surface area contributed by atoms with E-state index in [4.69, 9.17) is 0 Å². The lowest BCUT2D eigenvalue weighted by molar-refractivity contribution is -0.130. The van der Waals surface area contributed by atoms with Crippen molar-refractivity contribution in [1.29, 1.82) is 0 Å². The third kappa shape index (κ3) is 6.74. The summed E-state index contributed by atoms with van der Waals surface area (Å²) in [7, 11) is 1.74. The van der Waals surface area contributed by atoms with Crippen molar-refractivity contribution in [1.82, 2.24) is 19.4 Å². The molecule has 2 heterocycles. The third-order valence-electron chi connectivity index (χ3n) is 6.57. The predicted molar refractivity (Wildman–Crippen MR) is 147 cm³/mol. The van der Waals surface area contributed by atoms with Crippen molar-refractivity contribution in [2.75, 3.05) is 38.5 Å². The summed E-state index contributed by atoms with van der Waals surface area (Å²) in [6.07, 6.45) is 4.87. The molecule has 0 atom stereocenters. The minimum atomic E-state index is -0.0461. The molecule has 36 heavy (non-hydrogen) atoms. The van der Waals surface area contributed by atoms with E-state index in [1.807, 2.05) is 36.9 Å². The third-order valence-corrected chi connectivity index (χ3v) is 7.59. The van der Waals surface area contributed by atoms with Crippen molar-refractivity contribution in [3.8, 4) is 0 Å². The van der Waals surface area contributed by atoms with Crippen LogP contribution in [-0.2, 0) is 18.3 Å². The molecule has 1 aliphatic rings. The summed E-state index contributed by atoms with van der Waals surface area (Å²) < 4.78 is 1.57. The zero-order valence-corrected chi connectivity index (χ0v) is 22.1. The summed E-state index contributed by atoms with van der Waals surface area (Å²) >= 11 is 1.34. The van der Waals surface area contributed by atoms with E-state index in [2.05, 4.69) is 58.4 Å². The van der Waals surface area contributed by atoms with Gasteiger partial charge in [0.05, 0.1) is 5.75 Å². The number of carbonyl (C=O) groups excluding carboxylic acids is 1. The van der Waals surface area contributed by atoms with Crippen LogP contribution in [0.2, 0.25) is 0 Å². The summed E-state index contributed by atoms with van der Waals surface area (Å²) in [5, 5.41) is 0.586. The second-order valence-electron chi connectivity index (χ2n) is 9.27. The quantitative estimate of drug-likeness (QED) is 0.345. The molecule has 1 amide bonds. The molecule has 1 saturated heterocycles. The van der Waals surface area contributed by atoms with E-state index in [0.717, 1.165) is 44.0 Å². The molecule has 0 unspecified atom stereocenters. The van der Waals surface area contributed by atoms with Crippen LogP contribution >= 0.6 is 11.8 Å². The average Bonchev–Trinajstić information content (AvgIpc) is 2.90. The zero-order chi connectivity index (χ0) is 25.5. The fourth-order valence-corrected chi connectivity index (χ4v) is 5.19. The number of benzene rings is 2. The second-order valence-corrected chi connectivity index (χ2v) is 10.2. The highest BCUT2D eigenvalue weighted by molar-refractivity contribution is 7.99. The highest BCUT2D eigenvalue weighted by atomic mass is 32.2. The molecule has 0 aliphatic carbocycles. The number of carbonyl (C=O) groups is 1. The van der Waals surface area contributed by atoms with Gasteiger partial charge in [-0.15, -0.1) is 0 Å². The molecule has 1 fully saturated rings. The van der Waals surface area contributed by atoms with Gasteiger partial charge in [-0.1, -0.05) is 84.1 Å². The van der Waals surface area contributed by atoms with Crippen LogP contribution < -0.4 is 5.56 Å². The molecular formula is C29H34N4O2S. The Hall–Kier alpha value is -3.16. The van der Waals surface area contributed by atoms with Gasteiger partial charge in [0.1, 0.15) is 0 Å². The fraction of sp³-hybridized carbons (Fsp3) is 0.345. The molecule has 2 aromatic carbocycles. The molecule has 0 bridgehead atoms. The van der Waals surface area contributed by atoms with Crippen LogP contribution in [0.4, 0.5) is 0 Å². The Kier molecular flexibility index (Phi) is 8.78. The van der Waals surface area contributed by atoms with Crippen molar-refractivity contribution < 1.29 is 4.79 Å². The SMILES string of the molecule is Cc1ccc(Cc2c(C)nc(SCC(=O)N3CCN(C/C=C/c4ccccc4)CC3)n(C)c2=O)cc1. The molecule has 0 spiro atoms. The van der Waals surface area contributed by atoms with E-state index in [1.165, 1.54) is 22.9 Å². The second kappa shape index (κ2) is 12.2. The smallest absolute Gasteiger partial charge is 0.257 e. The lowest BCUT2D eigenvalue weighted by Gasteiger charge is -2.34. The monoisotopic (exact) mass is 502 g/mol. The lowest BCUT2D eigenvalue weighted by atomic mass is 10.0. The van der Waals surface area contributed by atoms with Crippen LogP contribution in [0.3, 0.4) is 0 Å². The summed E-state index contributed by atoms with van der Waals surface area (Å²) in [5.41, 5.74) is 4.87. The average molecular weight is 503 g/mol. The van der Waals surface area contributed by atoms with Crippen molar-refractivity contribution in [2.24, 2.45) is 7.05 Å². The number of hydrogen-bond acceptors (Lipinski definition) is 5. The highest BCUT2D eigenvalue weighted by Gasteiger charge is 2.21. The summed E-state index contributed by atoms with van der Waals surface area (Å²) in [6, 6.07) is 18.5. The van der Waals surface area contributed by atoms with Crippen molar-refractivity contribution in [2.45, 2.75) is 25.4 Å². The van der Waals surface area contributed by atoms with Gasteiger partial charge in [-0.3, -0.25) is 19.1 Å². The molecule has 6 nitrogen and oxygen atoms in total. The first kappa shape index (κ1) is 25.9. The Morgan fingerprint density at radius 3 is 2.39 bits per heavy atom. The number of aryl methyl sites for hydroxylation is 2. The number of aromatic nitrogens is 2. The first-order valence-corrected chi connectivity index (χ1v) is 13.4. The number of rotatable bonds is 8. The summed E-state index contributed by atoms with van der Waals surface area (Å²) in [4.78, 5) is 34.8. The van der Waals surface area contributed by atoms with Crippen LogP contribution in [0.15, 0.2) is 70.6 Å². The van der Waals surface area contributed by atoms with Crippen LogP contribution in [0, 0.1) is 13.8 Å². The molecule has 3 aromatic rings. The normalized spacial score (nSPS) is 14.5. The van der Waals surface area contributed by atoms with Crippen molar-refractivity contribution in [3.05, 3.63) is 99.0 Å². The lowest BCUT2D eigenvalue weighted by Crippen LogP contribution is -2.49.